The number of carbonyl (C=O) groups is 1. The van der Waals surface area contributed by atoms with Gasteiger partial charge in [-0.05, 0) is 36.7 Å². The van der Waals surface area contributed by atoms with Gasteiger partial charge in [-0.25, -0.2) is 4.98 Å². The number of nitro groups is 1. The molecule has 0 spiro atoms. The van der Waals surface area contributed by atoms with Crippen LogP contribution in [-0.2, 0) is 16.0 Å². The quantitative estimate of drug-likeness (QED) is 0.281. The van der Waals surface area contributed by atoms with Crippen LogP contribution in [0.3, 0.4) is 0 Å². The molecule has 0 unspecified atom stereocenters. The van der Waals surface area contributed by atoms with E-state index in [4.69, 9.17) is 4.74 Å². The van der Waals surface area contributed by atoms with Crippen LogP contribution in [0.2, 0.25) is 0 Å². The molecule has 0 saturated heterocycles. The maximum absolute atomic E-state index is 11.4. The highest BCUT2D eigenvalue weighted by molar-refractivity contribution is 9.10. The number of rotatable bonds is 7. The van der Waals surface area contributed by atoms with Crippen LogP contribution in [-0.4, -0.2) is 33.8 Å². The van der Waals surface area contributed by atoms with Gasteiger partial charge in [0.05, 0.1) is 34.3 Å². The number of nitrogens with zero attached hydrogens (tertiary/aromatic N) is 3. The van der Waals surface area contributed by atoms with E-state index in [1.807, 2.05) is 0 Å². The van der Waals surface area contributed by atoms with Crippen molar-refractivity contribution in [3.63, 3.8) is 0 Å². The number of hydrogen-bond acceptors (Lipinski definition) is 9. The number of benzene rings is 1. The lowest BCUT2D eigenvalue weighted by atomic mass is 10.0. The van der Waals surface area contributed by atoms with E-state index in [-0.39, 0.29) is 33.9 Å². The summed E-state index contributed by atoms with van der Waals surface area (Å²) in [5, 5.41) is 27.7. The van der Waals surface area contributed by atoms with Crippen molar-refractivity contribution in [3.8, 4) is 5.75 Å². The molecule has 0 atom stereocenters. The van der Waals surface area contributed by atoms with Gasteiger partial charge in [0.15, 0.2) is 0 Å². The Morgan fingerprint density at radius 2 is 2.22 bits per heavy atom. The number of ether oxygens (including phenoxy) is 1. The molecule has 9 nitrogen and oxygen atoms in total. The predicted molar refractivity (Wildman–Crippen MR) is 106 cm³/mol. The van der Waals surface area contributed by atoms with Gasteiger partial charge in [0.25, 0.3) is 5.69 Å². The molecule has 11 heteroatoms. The monoisotopic (exact) mass is 456 g/mol. The maximum Gasteiger partial charge on any atom is 0.311 e. The fourth-order valence-electron chi connectivity index (χ4n) is 2.37. The Morgan fingerprint density at radius 3 is 2.85 bits per heavy atom. The van der Waals surface area contributed by atoms with Gasteiger partial charge < -0.3 is 9.84 Å². The molecule has 0 bridgehead atoms. The van der Waals surface area contributed by atoms with Crippen molar-refractivity contribution in [2.24, 2.45) is 5.10 Å². The molecule has 1 aromatic carbocycles. The molecule has 1 aromatic heterocycles. The summed E-state index contributed by atoms with van der Waals surface area (Å²) in [6.45, 7) is 5.12. The minimum atomic E-state index is -0.498. The molecule has 2 aromatic rings. The molecule has 0 aliphatic carbocycles. The van der Waals surface area contributed by atoms with Gasteiger partial charge in [0.2, 0.25) is 5.13 Å². The number of anilines is 1. The topological polar surface area (TPSA) is 127 Å². The van der Waals surface area contributed by atoms with E-state index in [0.29, 0.717) is 28.6 Å². The molecule has 0 radical (unpaired) electrons. The van der Waals surface area contributed by atoms with Crippen molar-refractivity contribution in [1.29, 1.82) is 0 Å². The van der Waals surface area contributed by atoms with E-state index in [1.165, 1.54) is 17.6 Å². The number of thiazole rings is 1. The van der Waals surface area contributed by atoms with Crippen LogP contribution in [0.4, 0.5) is 10.8 Å². The molecular formula is C16H17BrN4O5S. The Bertz CT molecular complexity index is 913. The molecule has 0 amide bonds. The van der Waals surface area contributed by atoms with E-state index in [0.717, 1.165) is 0 Å². The van der Waals surface area contributed by atoms with Gasteiger partial charge >= 0.3 is 5.97 Å². The van der Waals surface area contributed by atoms with Crippen LogP contribution in [0.1, 0.15) is 29.3 Å². The van der Waals surface area contributed by atoms with E-state index in [1.54, 1.807) is 26.2 Å². The second-order valence-electron chi connectivity index (χ2n) is 5.43. The Labute approximate surface area is 167 Å². The minimum absolute atomic E-state index is 0.0622. The number of esters is 1. The summed E-state index contributed by atoms with van der Waals surface area (Å²) in [7, 11) is 0. The predicted octanol–water partition coefficient (Wildman–Crippen LogP) is 3.69. The Hall–Kier alpha value is -2.53. The zero-order valence-corrected chi connectivity index (χ0v) is 17.2. The van der Waals surface area contributed by atoms with E-state index in [2.05, 4.69) is 31.4 Å². The van der Waals surface area contributed by atoms with Gasteiger partial charge in [-0.3, -0.25) is 20.3 Å². The summed E-state index contributed by atoms with van der Waals surface area (Å²) < 4.78 is 5.10. The van der Waals surface area contributed by atoms with Crippen LogP contribution in [0, 0.1) is 24.0 Å². The zero-order chi connectivity index (χ0) is 20.1. The molecule has 2 N–H and O–H groups in total. The van der Waals surface area contributed by atoms with Crippen molar-refractivity contribution in [2.45, 2.75) is 27.2 Å². The number of aromatic nitrogens is 1. The number of nitro benzene ring substituents is 1. The van der Waals surface area contributed by atoms with Gasteiger partial charge in [-0.15, -0.1) is 11.3 Å². The van der Waals surface area contributed by atoms with Crippen molar-refractivity contribution >= 4 is 50.3 Å². The molecule has 144 valence electrons. The summed E-state index contributed by atoms with van der Waals surface area (Å²) in [6, 6.07) is 0. The number of phenolic OH excluding ortho intramolecular Hbond substituents is 1. The smallest absolute Gasteiger partial charge is 0.311 e. The Balaban J connectivity index is 2.19. The number of hydrogen-bond donors (Lipinski definition) is 2. The molecule has 0 aliphatic heterocycles. The number of aromatic hydroxyl groups is 1. The van der Waals surface area contributed by atoms with Crippen molar-refractivity contribution in [3.05, 3.63) is 42.4 Å². The molecular weight excluding hydrogens is 440 g/mol. The second-order valence-corrected chi connectivity index (χ2v) is 7.08. The van der Waals surface area contributed by atoms with Crippen LogP contribution in [0.15, 0.2) is 15.0 Å². The van der Waals surface area contributed by atoms with E-state index >= 15 is 0 Å². The van der Waals surface area contributed by atoms with Crippen LogP contribution >= 0.6 is 27.3 Å². The zero-order valence-electron chi connectivity index (χ0n) is 14.8. The molecule has 1 heterocycles. The van der Waals surface area contributed by atoms with Gasteiger partial charge in [-0.1, -0.05) is 0 Å². The van der Waals surface area contributed by atoms with E-state index < -0.39 is 4.92 Å². The van der Waals surface area contributed by atoms with Gasteiger partial charge in [-0.2, -0.15) is 5.10 Å². The van der Waals surface area contributed by atoms with Crippen molar-refractivity contribution in [2.75, 3.05) is 12.0 Å². The Kier molecular flexibility index (Phi) is 6.86. The van der Waals surface area contributed by atoms with Crippen LogP contribution in [0.5, 0.6) is 5.75 Å². The fourth-order valence-corrected chi connectivity index (χ4v) is 3.43. The average Bonchev–Trinajstić information content (AvgIpc) is 3.03. The fraction of sp³-hybridized carbons (Fsp3) is 0.312. The minimum Gasteiger partial charge on any atom is -0.506 e. The largest absolute Gasteiger partial charge is 0.506 e. The summed E-state index contributed by atoms with van der Waals surface area (Å²) in [4.78, 5) is 26.4. The maximum atomic E-state index is 11.4. The van der Waals surface area contributed by atoms with Gasteiger partial charge in [0, 0.05) is 22.1 Å². The highest BCUT2D eigenvalue weighted by atomic mass is 79.9. The average molecular weight is 457 g/mol. The number of phenols is 1. The lowest BCUT2D eigenvalue weighted by Crippen LogP contribution is -2.07. The molecule has 0 saturated carbocycles. The Morgan fingerprint density at radius 1 is 1.52 bits per heavy atom. The first kappa shape index (κ1) is 20.8. The molecule has 2 rings (SSSR count). The third-order valence-corrected chi connectivity index (χ3v) is 5.39. The third-order valence-electron chi connectivity index (χ3n) is 3.63. The second kappa shape index (κ2) is 8.91. The van der Waals surface area contributed by atoms with E-state index in [9.17, 15) is 20.0 Å². The number of hydrazone groups is 1. The molecule has 27 heavy (non-hydrogen) atoms. The van der Waals surface area contributed by atoms with Crippen molar-refractivity contribution in [1.82, 2.24) is 4.98 Å². The standard InChI is InChI=1S/C16H17BrN4O5S/c1-4-26-12(22)5-10-7-27-16(19-10)20-18-6-11-8(2)14(21(24)25)9(3)13(17)15(11)23/h6-7,23H,4-5H2,1-3H3,(H,19,20). The first-order chi connectivity index (χ1) is 12.8. The summed E-state index contributed by atoms with van der Waals surface area (Å²) in [5.41, 5.74) is 3.99. The number of nitrogens with one attached hydrogen (secondary N) is 1. The highest BCUT2D eigenvalue weighted by Crippen LogP contribution is 2.39. The SMILES string of the molecule is CCOC(=O)Cc1csc(NN=Cc2c(C)c([N+](=O)[O-])c(C)c(Br)c2O)n1. The normalized spacial score (nSPS) is 11.0. The van der Waals surface area contributed by atoms with Crippen LogP contribution < -0.4 is 5.43 Å². The highest BCUT2D eigenvalue weighted by Gasteiger charge is 2.24. The first-order valence-electron chi connectivity index (χ1n) is 7.81. The van der Waals surface area contributed by atoms with Gasteiger partial charge in [0.1, 0.15) is 5.75 Å². The lowest BCUT2D eigenvalue weighted by Gasteiger charge is -2.10. The van der Waals surface area contributed by atoms with Crippen molar-refractivity contribution < 1.29 is 19.6 Å². The summed E-state index contributed by atoms with van der Waals surface area (Å²) >= 11 is 4.41. The molecule has 0 aliphatic rings. The first-order valence-corrected chi connectivity index (χ1v) is 9.48. The summed E-state index contributed by atoms with van der Waals surface area (Å²) in [6.07, 6.45) is 1.35. The summed E-state index contributed by atoms with van der Waals surface area (Å²) in [5.74, 6) is -0.501. The third kappa shape index (κ3) is 4.80. The lowest BCUT2D eigenvalue weighted by molar-refractivity contribution is -0.386. The molecule has 0 fully saturated rings. The van der Waals surface area contributed by atoms with Crippen LogP contribution in [0.25, 0.3) is 0 Å². The number of carbonyl (C=O) groups excluding carboxylic acids is 1. The number of halogens is 1.